The van der Waals surface area contributed by atoms with Gasteiger partial charge < -0.3 is 9.47 Å². The van der Waals surface area contributed by atoms with Crippen molar-refractivity contribution in [2.45, 2.75) is 6.10 Å². The number of carbonyl (C=O) groups is 1. The summed E-state index contributed by atoms with van der Waals surface area (Å²) < 4.78 is 11.3. The molecule has 1 aliphatic heterocycles. The maximum Gasteiger partial charge on any atom is 0.339 e. The van der Waals surface area contributed by atoms with E-state index in [1.807, 2.05) is 60.7 Å². The largest absolute Gasteiger partial charge is 0.453 e. The first-order valence-electron chi connectivity index (χ1n) is 9.22. The highest BCUT2D eigenvalue weighted by Gasteiger charge is 2.20. The van der Waals surface area contributed by atoms with Crippen molar-refractivity contribution in [3.63, 3.8) is 0 Å². The first kappa shape index (κ1) is 19.1. The van der Waals surface area contributed by atoms with Crippen LogP contribution < -0.4 is 0 Å². The van der Waals surface area contributed by atoms with E-state index < -0.39 is 0 Å². The number of nitrogens with zero attached hydrogens (tertiary/aromatic N) is 1. The molecule has 1 aliphatic rings. The fraction of sp³-hybridized carbons (Fsp3) is 0.261. The third-order valence-corrected chi connectivity index (χ3v) is 4.50. The smallest absolute Gasteiger partial charge is 0.339 e. The highest BCUT2D eigenvalue weighted by atomic mass is 16.5. The van der Waals surface area contributed by atoms with Gasteiger partial charge in [0.05, 0.1) is 18.8 Å². The number of esters is 1. The van der Waals surface area contributed by atoms with Gasteiger partial charge in [0.25, 0.3) is 0 Å². The molecule has 27 heavy (non-hydrogen) atoms. The minimum Gasteiger partial charge on any atom is -0.453 e. The number of hydrogen-bond acceptors (Lipinski definition) is 4. The molecule has 0 bridgehead atoms. The minimum absolute atomic E-state index is 0.332. The molecule has 0 amide bonds. The Balaban J connectivity index is 1.74. The molecule has 140 valence electrons. The average molecular weight is 363 g/mol. The highest BCUT2D eigenvalue weighted by molar-refractivity contribution is 5.93. The molecule has 4 heteroatoms. The van der Waals surface area contributed by atoms with E-state index in [0.29, 0.717) is 25.3 Å². The van der Waals surface area contributed by atoms with Crippen molar-refractivity contribution in [2.75, 3.05) is 32.8 Å². The Labute approximate surface area is 160 Å². The van der Waals surface area contributed by atoms with Crippen LogP contribution in [0.2, 0.25) is 0 Å². The highest BCUT2D eigenvalue weighted by Crippen LogP contribution is 2.14. The summed E-state index contributed by atoms with van der Waals surface area (Å²) in [6, 6.07) is 17.4. The summed E-state index contributed by atoms with van der Waals surface area (Å²) in [6.45, 7) is 7.54. The number of benzene rings is 2. The Bertz CT molecular complexity index is 779. The molecule has 1 atom stereocenters. The lowest BCUT2D eigenvalue weighted by Crippen LogP contribution is -2.41. The molecule has 0 aliphatic carbocycles. The minimum atomic E-state index is -0.339. The molecule has 0 radical (unpaired) electrons. The Morgan fingerprint density at radius 3 is 2.56 bits per heavy atom. The van der Waals surface area contributed by atoms with E-state index in [0.717, 1.165) is 24.2 Å². The Hall–Kier alpha value is -2.69. The van der Waals surface area contributed by atoms with E-state index in [1.54, 1.807) is 12.1 Å². The molecule has 0 saturated carbocycles. The molecule has 0 spiro atoms. The number of hydrogen-bond donors (Lipinski definition) is 0. The standard InChI is InChI=1S/C23H25NO3/c1-2-20-10-6-7-11-22(20)23(25)27-21(18-24-14-16-26-17-15-24)13-12-19-8-4-3-5-9-19/h2-13,21H,1,14-18H2/b13-12+. The number of ether oxygens (including phenoxy) is 2. The fourth-order valence-corrected chi connectivity index (χ4v) is 3.02. The lowest BCUT2D eigenvalue weighted by Gasteiger charge is -2.29. The molecule has 2 aromatic rings. The van der Waals surface area contributed by atoms with Crippen LogP contribution in [0.25, 0.3) is 12.2 Å². The van der Waals surface area contributed by atoms with Crippen LogP contribution in [0.3, 0.4) is 0 Å². The van der Waals surface area contributed by atoms with Crippen LogP contribution >= 0.6 is 0 Å². The molecule has 3 rings (SSSR count). The first-order valence-corrected chi connectivity index (χ1v) is 9.22. The quantitative estimate of drug-likeness (QED) is 0.700. The summed E-state index contributed by atoms with van der Waals surface area (Å²) in [5.41, 5.74) is 2.39. The maximum atomic E-state index is 12.7. The third-order valence-electron chi connectivity index (χ3n) is 4.50. The summed E-state index contributed by atoms with van der Waals surface area (Å²) in [5.74, 6) is -0.332. The summed E-state index contributed by atoms with van der Waals surface area (Å²) in [4.78, 5) is 15.0. The Kier molecular flexibility index (Phi) is 6.97. The van der Waals surface area contributed by atoms with Crippen molar-refractivity contribution < 1.29 is 14.3 Å². The number of morpholine rings is 1. The predicted octanol–water partition coefficient (Wildman–Crippen LogP) is 3.90. The van der Waals surface area contributed by atoms with Gasteiger partial charge in [0, 0.05) is 19.6 Å². The van der Waals surface area contributed by atoms with Crippen LogP contribution in [0, 0.1) is 0 Å². The second-order valence-corrected chi connectivity index (χ2v) is 6.42. The van der Waals surface area contributed by atoms with Gasteiger partial charge in [0.2, 0.25) is 0 Å². The Morgan fingerprint density at radius 1 is 1.11 bits per heavy atom. The molecule has 2 aromatic carbocycles. The van der Waals surface area contributed by atoms with Crippen LogP contribution in [0.15, 0.2) is 67.3 Å². The molecule has 0 aromatic heterocycles. The second kappa shape index (κ2) is 9.86. The van der Waals surface area contributed by atoms with Crippen molar-refractivity contribution in [2.24, 2.45) is 0 Å². The zero-order valence-corrected chi connectivity index (χ0v) is 15.4. The molecule has 1 heterocycles. The SMILES string of the molecule is C=Cc1ccccc1C(=O)OC(/C=C/c1ccccc1)CN1CCOCC1. The molecule has 1 unspecified atom stereocenters. The average Bonchev–Trinajstić information content (AvgIpc) is 2.73. The van der Waals surface area contributed by atoms with Gasteiger partial charge in [-0.3, -0.25) is 4.90 Å². The Morgan fingerprint density at radius 2 is 1.81 bits per heavy atom. The number of carbonyl (C=O) groups excluding carboxylic acids is 1. The van der Waals surface area contributed by atoms with E-state index in [2.05, 4.69) is 11.5 Å². The summed E-state index contributed by atoms with van der Waals surface area (Å²) in [7, 11) is 0. The zero-order chi connectivity index (χ0) is 18.9. The van der Waals surface area contributed by atoms with Crippen LogP contribution in [-0.4, -0.2) is 49.8 Å². The summed E-state index contributed by atoms with van der Waals surface area (Å²) in [5, 5.41) is 0. The topological polar surface area (TPSA) is 38.8 Å². The van der Waals surface area contributed by atoms with E-state index in [1.165, 1.54) is 0 Å². The van der Waals surface area contributed by atoms with Gasteiger partial charge in [-0.15, -0.1) is 0 Å². The fourth-order valence-electron chi connectivity index (χ4n) is 3.02. The molecule has 4 nitrogen and oxygen atoms in total. The zero-order valence-electron chi connectivity index (χ0n) is 15.4. The van der Waals surface area contributed by atoms with Crippen LogP contribution in [-0.2, 0) is 9.47 Å². The third kappa shape index (κ3) is 5.64. The van der Waals surface area contributed by atoms with Crippen molar-refractivity contribution in [3.05, 3.63) is 83.9 Å². The van der Waals surface area contributed by atoms with E-state index in [9.17, 15) is 4.79 Å². The normalized spacial score (nSPS) is 16.1. The first-order chi connectivity index (χ1) is 13.3. The van der Waals surface area contributed by atoms with Crippen molar-refractivity contribution in [1.29, 1.82) is 0 Å². The lowest BCUT2D eigenvalue weighted by atomic mass is 10.1. The van der Waals surface area contributed by atoms with E-state index in [4.69, 9.17) is 9.47 Å². The van der Waals surface area contributed by atoms with Crippen molar-refractivity contribution in [1.82, 2.24) is 4.90 Å². The van der Waals surface area contributed by atoms with Gasteiger partial charge in [-0.2, -0.15) is 0 Å². The van der Waals surface area contributed by atoms with Gasteiger partial charge in [-0.25, -0.2) is 4.79 Å². The monoisotopic (exact) mass is 363 g/mol. The van der Waals surface area contributed by atoms with E-state index in [-0.39, 0.29) is 12.1 Å². The molecular formula is C23H25NO3. The van der Waals surface area contributed by atoms with Gasteiger partial charge in [0.1, 0.15) is 6.10 Å². The molecule has 1 saturated heterocycles. The lowest BCUT2D eigenvalue weighted by molar-refractivity contribution is 0.00648. The van der Waals surface area contributed by atoms with Crippen molar-refractivity contribution in [3.8, 4) is 0 Å². The second-order valence-electron chi connectivity index (χ2n) is 6.42. The van der Waals surface area contributed by atoms with Gasteiger partial charge in [0.15, 0.2) is 0 Å². The van der Waals surface area contributed by atoms with Crippen molar-refractivity contribution >= 4 is 18.1 Å². The maximum absolute atomic E-state index is 12.7. The molecular weight excluding hydrogens is 338 g/mol. The van der Waals surface area contributed by atoms with Crippen LogP contribution in [0.1, 0.15) is 21.5 Å². The number of rotatable bonds is 7. The van der Waals surface area contributed by atoms with Crippen LogP contribution in [0.5, 0.6) is 0 Å². The van der Waals surface area contributed by atoms with Gasteiger partial charge in [-0.05, 0) is 23.3 Å². The predicted molar refractivity (Wildman–Crippen MR) is 108 cm³/mol. The summed E-state index contributed by atoms with van der Waals surface area (Å²) >= 11 is 0. The van der Waals surface area contributed by atoms with Gasteiger partial charge in [-0.1, -0.05) is 67.3 Å². The van der Waals surface area contributed by atoms with Gasteiger partial charge >= 0.3 is 5.97 Å². The van der Waals surface area contributed by atoms with E-state index >= 15 is 0 Å². The molecule has 1 fully saturated rings. The molecule has 0 N–H and O–H groups in total. The van der Waals surface area contributed by atoms with Crippen LogP contribution in [0.4, 0.5) is 0 Å². The summed E-state index contributed by atoms with van der Waals surface area (Å²) in [6.07, 6.45) is 5.29.